The summed E-state index contributed by atoms with van der Waals surface area (Å²) in [5.74, 6) is 0.0622. The van der Waals surface area contributed by atoms with Gasteiger partial charge in [0.15, 0.2) is 5.78 Å². The lowest BCUT2D eigenvalue weighted by molar-refractivity contribution is 0.0971. The molecule has 2 rings (SSSR count). The standard InChI is InChI=1S/C12H12O3/c13-6-1-2-11(14)9-3-4-12-10(8-9)5-7-15-12/h3-5,7-8,13H,1-2,6H2. The van der Waals surface area contributed by atoms with Crippen molar-refractivity contribution < 1.29 is 14.3 Å². The Morgan fingerprint density at radius 1 is 1.33 bits per heavy atom. The summed E-state index contributed by atoms with van der Waals surface area (Å²) in [4.78, 5) is 11.6. The third-order valence-corrected chi connectivity index (χ3v) is 2.34. The number of benzene rings is 1. The highest BCUT2D eigenvalue weighted by Gasteiger charge is 2.06. The molecule has 0 saturated carbocycles. The fourth-order valence-corrected chi connectivity index (χ4v) is 1.52. The summed E-state index contributed by atoms with van der Waals surface area (Å²) >= 11 is 0. The van der Waals surface area contributed by atoms with Gasteiger partial charge < -0.3 is 9.52 Å². The van der Waals surface area contributed by atoms with Crippen LogP contribution in [0.5, 0.6) is 0 Å². The van der Waals surface area contributed by atoms with Gasteiger partial charge in [-0.3, -0.25) is 4.79 Å². The van der Waals surface area contributed by atoms with Crippen LogP contribution in [0.3, 0.4) is 0 Å². The van der Waals surface area contributed by atoms with Gasteiger partial charge in [-0.15, -0.1) is 0 Å². The molecule has 0 aliphatic heterocycles. The number of aliphatic hydroxyl groups excluding tert-OH is 1. The van der Waals surface area contributed by atoms with Gasteiger partial charge in [0.05, 0.1) is 6.26 Å². The number of aliphatic hydroxyl groups is 1. The number of furan rings is 1. The molecule has 78 valence electrons. The summed E-state index contributed by atoms with van der Waals surface area (Å²) in [5.41, 5.74) is 1.46. The van der Waals surface area contributed by atoms with Gasteiger partial charge in [-0.1, -0.05) is 0 Å². The van der Waals surface area contributed by atoms with Gasteiger partial charge in [0.1, 0.15) is 5.58 Å². The minimum atomic E-state index is 0.0553. The molecule has 1 aromatic carbocycles. The molecule has 0 aliphatic carbocycles. The predicted octanol–water partition coefficient (Wildman–Crippen LogP) is 2.39. The fourth-order valence-electron chi connectivity index (χ4n) is 1.52. The lowest BCUT2D eigenvalue weighted by Crippen LogP contribution is -1.99. The van der Waals surface area contributed by atoms with E-state index >= 15 is 0 Å². The van der Waals surface area contributed by atoms with Crippen molar-refractivity contribution in [2.24, 2.45) is 0 Å². The second-order valence-electron chi connectivity index (χ2n) is 3.42. The molecule has 0 saturated heterocycles. The zero-order chi connectivity index (χ0) is 10.7. The van der Waals surface area contributed by atoms with E-state index in [0.29, 0.717) is 18.4 Å². The van der Waals surface area contributed by atoms with E-state index in [1.54, 1.807) is 18.4 Å². The Morgan fingerprint density at radius 2 is 2.20 bits per heavy atom. The number of fused-ring (bicyclic) bond motifs is 1. The highest BCUT2D eigenvalue weighted by molar-refractivity contribution is 5.99. The molecule has 0 fully saturated rings. The average Bonchev–Trinajstić information content (AvgIpc) is 2.72. The molecule has 0 atom stereocenters. The van der Waals surface area contributed by atoms with Gasteiger partial charge in [-0.25, -0.2) is 0 Å². The van der Waals surface area contributed by atoms with E-state index in [0.717, 1.165) is 11.0 Å². The van der Waals surface area contributed by atoms with Crippen LogP contribution in [0.1, 0.15) is 23.2 Å². The molecule has 2 aromatic rings. The second kappa shape index (κ2) is 4.28. The fraction of sp³-hybridized carbons (Fsp3) is 0.250. The van der Waals surface area contributed by atoms with Crippen molar-refractivity contribution in [3.05, 3.63) is 36.1 Å². The molecule has 0 aliphatic rings. The topological polar surface area (TPSA) is 50.4 Å². The molecule has 0 unspecified atom stereocenters. The highest BCUT2D eigenvalue weighted by atomic mass is 16.3. The van der Waals surface area contributed by atoms with Crippen LogP contribution in [0.25, 0.3) is 11.0 Å². The molecule has 15 heavy (non-hydrogen) atoms. The van der Waals surface area contributed by atoms with Gasteiger partial charge in [0.25, 0.3) is 0 Å². The summed E-state index contributed by atoms with van der Waals surface area (Å²) in [5, 5.41) is 9.57. The van der Waals surface area contributed by atoms with Crippen LogP contribution in [0.15, 0.2) is 34.9 Å². The molecule has 3 heteroatoms. The highest BCUT2D eigenvalue weighted by Crippen LogP contribution is 2.18. The maximum Gasteiger partial charge on any atom is 0.162 e. The van der Waals surface area contributed by atoms with Crippen LogP contribution < -0.4 is 0 Å². The number of carbonyl (C=O) groups is 1. The van der Waals surface area contributed by atoms with Gasteiger partial charge in [0, 0.05) is 24.0 Å². The molecule has 0 bridgehead atoms. The molecule has 0 spiro atoms. The first-order chi connectivity index (χ1) is 7.31. The number of rotatable bonds is 4. The Labute approximate surface area is 87.3 Å². The van der Waals surface area contributed by atoms with Crippen LogP contribution in [-0.2, 0) is 0 Å². The predicted molar refractivity (Wildman–Crippen MR) is 56.9 cm³/mol. The number of Topliss-reactive ketones (excluding diaryl/α,β-unsaturated/α-hetero) is 1. The molecular weight excluding hydrogens is 192 g/mol. The quantitative estimate of drug-likeness (QED) is 0.778. The van der Waals surface area contributed by atoms with Gasteiger partial charge in [-0.05, 0) is 30.7 Å². The first-order valence-corrected chi connectivity index (χ1v) is 4.92. The summed E-state index contributed by atoms with van der Waals surface area (Å²) in [6, 6.07) is 7.20. The van der Waals surface area contributed by atoms with Gasteiger partial charge in [0.2, 0.25) is 0 Å². The van der Waals surface area contributed by atoms with Crippen molar-refractivity contribution in [1.82, 2.24) is 0 Å². The zero-order valence-electron chi connectivity index (χ0n) is 8.27. The van der Waals surface area contributed by atoms with Crippen molar-refractivity contribution in [3.63, 3.8) is 0 Å². The van der Waals surface area contributed by atoms with Crippen molar-refractivity contribution in [2.45, 2.75) is 12.8 Å². The molecule has 1 N–H and O–H groups in total. The average molecular weight is 204 g/mol. The molecule has 1 heterocycles. The van der Waals surface area contributed by atoms with E-state index in [4.69, 9.17) is 9.52 Å². The maximum absolute atomic E-state index is 11.6. The largest absolute Gasteiger partial charge is 0.464 e. The Kier molecular flexibility index (Phi) is 2.83. The lowest BCUT2D eigenvalue weighted by Gasteiger charge is -1.99. The molecule has 0 radical (unpaired) electrons. The van der Waals surface area contributed by atoms with Crippen molar-refractivity contribution in [3.8, 4) is 0 Å². The number of carbonyl (C=O) groups excluding carboxylic acids is 1. The maximum atomic E-state index is 11.6. The number of hydrogen-bond donors (Lipinski definition) is 1. The minimum Gasteiger partial charge on any atom is -0.464 e. The first kappa shape index (κ1) is 9.93. The van der Waals surface area contributed by atoms with Crippen LogP contribution in [0, 0.1) is 0 Å². The first-order valence-electron chi connectivity index (χ1n) is 4.92. The second-order valence-corrected chi connectivity index (χ2v) is 3.42. The Bertz CT molecular complexity index is 470. The summed E-state index contributed by atoms with van der Waals surface area (Å²) < 4.78 is 5.18. The van der Waals surface area contributed by atoms with Crippen LogP contribution >= 0.6 is 0 Å². The van der Waals surface area contributed by atoms with E-state index < -0.39 is 0 Å². The summed E-state index contributed by atoms with van der Waals surface area (Å²) in [6.45, 7) is 0.0553. The van der Waals surface area contributed by atoms with E-state index in [9.17, 15) is 4.79 Å². The van der Waals surface area contributed by atoms with E-state index in [2.05, 4.69) is 0 Å². The zero-order valence-corrected chi connectivity index (χ0v) is 8.27. The van der Waals surface area contributed by atoms with Crippen molar-refractivity contribution in [2.75, 3.05) is 6.61 Å². The summed E-state index contributed by atoms with van der Waals surface area (Å²) in [7, 11) is 0. The summed E-state index contributed by atoms with van der Waals surface area (Å²) in [6.07, 6.45) is 2.51. The molecule has 3 nitrogen and oxygen atoms in total. The third-order valence-electron chi connectivity index (χ3n) is 2.34. The molecule has 0 amide bonds. The van der Waals surface area contributed by atoms with E-state index in [1.807, 2.05) is 12.1 Å². The van der Waals surface area contributed by atoms with Crippen LogP contribution in [-0.4, -0.2) is 17.5 Å². The van der Waals surface area contributed by atoms with Crippen LogP contribution in [0.4, 0.5) is 0 Å². The van der Waals surface area contributed by atoms with Crippen LogP contribution in [0.2, 0.25) is 0 Å². The van der Waals surface area contributed by atoms with E-state index in [-0.39, 0.29) is 12.4 Å². The smallest absolute Gasteiger partial charge is 0.162 e. The molecular formula is C12H12O3. The third kappa shape index (κ3) is 2.07. The van der Waals surface area contributed by atoms with Crippen molar-refractivity contribution >= 4 is 16.8 Å². The van der Waals surface area contributed by atoms with E-state index in [1.165, 1.54) is 0 Å². The monoisotopic (exact) mass is 204 g/mol. The Hall–Kier alpha value is -1.61. The lowest BCUT2D eigenvalue weighted by atomic mass is 10.1. The number of ketones is 1. The number of hydrogen-bond acceptors (Lipinski definition) is 3. The minimum absolute atomic E-state index is 0.0553. The molecule has 1 aromatic heterocycles. The van der Waals surface area contributed by atoms with Gasteiger partial charge in [-0.2, -0.15) is 0 Å². The van der Waals surface area contributed by atoms with Crippen molar-refractivity contribution in [1.29, 1.82) is 0 Å². The Balaban J connectivity index is 2.23. The Morgan fingerprint density at radius 3 is 3.00 bits per heavy atom. The normalized spacial score (nSPS) is 10.7. The SMILES string of the molecule is O=C(CCCO)c1ccc2occc2c1. The van der Waals surface area contributed by atoms with Gasteiger partial charge >= 0.3 is 0 Å².